The number of ether oxygens (including phenoxy) is 1. The molecule has 1 aromatic carbocycles. The van der Waals surface area contributed by atoms with E-state index in [0.29, 0.717) is 22.6 Å². The number of rotatable bonds is 3. The molecule has 0 fully saturated rings. The normalized spacial score (nSPS) is 10.2. The van der Waals surface area contributed by atoms with Crippen LogP contribution in [0.2, 0.25) is 0 Å². The molecule has 0 N–H and O–H groups in total. The second kappa shape index (κ2) is 4.96. The molecule has 0 bridgehead atoms. The lowest BCUT2D eigenvalue weighted by atomic mass is 10.0. The van der Waals surface area contributed by atoms with Crippen molar-refractivity contribution in [2.75, 3.05) is 7.11 Å². The average Bonchev–Trinajstić information content (AvgIpc) is 2.41. The van der Waals surface area contributed by atoms with Crippen LogP contribution in [0.1, 0.15) is 27.3 Å². The summed E-state index contributed by atoms with van der Waals surface area (Å²) in [6, 6.07) is 8.84. The molecule has 0 spiro atoms. The third-order valence-electron chi connectivity index (χ3n) is 2.68. The maximum atomic E-state index is 12.4. The first kappa shape index (κ1) is 12.2. The van der Waals surface area contributed by atoms with Gasteiger partial charge in [0.25, 0.3) is 0 Å². The summed E-state index contributed by atoms with van der Waals surface area (Å²) in [7, 11) is 1.58. The van der Waals surface area contributed by atoms with Gasteiger partial charge in [-0.25, -0.2) is 0 Å². The van der Waals surface area contributed by atoms with E-state index in [9.17, 15) is 4.79 Å². The fourth-order valence-corrected chi connectivity index (χ4v) is 1.70. The topological polar surface area (TPSA) is 52.1 Å². The van der Waals surface area contributed by atoms with Crippen molar-refractivity contribution >= 4 is 5.78 Å². The van der Waals surface area contributed by atoms with Crippen LogP contribution in [-0.2, 0) is 0 Å². The average molecular weight is 242 g/mol. The Balaban J connectivity index is 2.44. The summed E-state index contributed by atoms with van der Waals surface area (Å²) in [6.07, 6.45) is 0. The lowest BCUT2D eigenvalue weighted by molar-refractivity contribution is 0.103. The summed E-state index contributed by atoms with van der Waals surface area (Å²) in [6.45, 7) is 3.59. The molecule has 0 unspecified atom stereocenters. The van der Waals surface area contributed by atoms with Crippen LogP contribution in [-0.4, -0.2) is 23.1 Å². The van der Waals surface area contributed by atoms with E-state index < -0.39 is 0 Å². The highest BCUT2D eigenvalue weighted by Gasteiger charge is 2.14. The Morgan fingerprint density at radius 1 is 1.17 bits per heavy atom. The van der Waals surface area contributed by atoms with E-state index in [1.165, 1.54) is 0 Å². The molecule has 1 aromatic heterocycles. The zero-order valence-electron chi connectivity index (χ0n) is 10.6. The van der Waals surface area contributed by atoms with Gasteiger partial charge in [0.2, 0.25) is 0 Å². The number of hydrogen-bond acceptors (Lipinski definition) is 4. The van der Waals surface area contributed by atoms with E-state index in [4.69, 9.17) is 4.74 Å². The predicted octanol–water partition coefficient (Wildman–Crippen LogP) is 2.33. The summed E-state index contributed by atoms with van der Waals surface area (Å²) in [5, 5.41) is 7.89. The first-order valence-electron chi connectivity index (χ1n) is 5.61. The van der Waals surface area contributed by atoms with Gasteiger partial charge in [0.1, 0.15) is 5.75 Å². The number of aromatic nitrogens is 2. The van der Waals surface area contributed by atoms with Gasteiger partial charge in [-0.3, -0.25) is 4.79 Å². The second-order valence-corrected chi connectivity index (χ2v) is 4.05. The van der Waals surface area contributed by atoms with Gasteiger partial charge in [0.05, 0.1) is 18.5 Å². The van der Waals surface area contributed by atoms with Crippen molar-refractivity contribution in [2.45, 2.75) is 13.8 Å². The molecule has 0 amide bonds. The second-order valence-electron chi connectivity index (χ2n) is 4.05. The van der Waals surface area contributed by atoms with Gasteiger partial charge in [-0.05, 0) is 32.0 Å². The van der Waals surface area contributed by atoms with Crippen LogP contribution in [0.25, 0.3) is 0 Å². The van der Waals surface area contributed by atoms with E-state index in [1.54, 1.807) is 44.4 Å². The van der Waals surface area contributed by atoms with Crippen molar-refractivity contribution in [2.24, 2.45) is 0 Å². The third kappa shape index (κ3) is 2.37. The quantitative estimate of drug-likeness (QED) is 0.775. The highest BCUT2D eigenvalue weighted by atomic mass is 16.5. The van der Waals surface area contributed by atoms with Gasteiger partial charge in [-0.15, -0.1) is 0 Å². The molecule has 4 heteroatoms. The van der Waals surface area contributed by atoms with Crippen LogP contribution in [0.15, 0.2) is 30.3 Å². The van der Waals surface area contributed by atoms with Crippen molar-refractivity contribution in [3.8, 4) is 5.75 Å². The van der Waals surface area contributed by atoms with Gasteiger partial charge in [0, 0.05) is 11.1 Å². The number of nitrogens with zero attached hydrogens (tertiary/aromatic N) is 2. The minimum absolute atomic E-state index is 0.0654. The first-order chi connectivity index (χ1) is 8.61. The monoisotopic (exact) mass is 242 g/mol. The molecular weight excluding hydrogens is 228 g/mol. The lowest BCUT2D eigenvalue weighted by Gasteiger charge is -2.06. The molecule has 0 saturated carbocycles. The van der Waals surface area contributed by atoms with E-state index in [0.717, 1.165) is 5.69 Å². The fourth-order valence-electron chi connectivity index (χ4n) is 1.70. The molecule has 92 valence electrons. The predicted molar refractivity (Wildman–Crippen MR) is 67.9 cm³/mol. The standard InChI is InChI=1S/C14H14N2O2/c1-9-7-13(10(2)16-15-9)14(17)11-5-4-6-12(8-11)18-3/h4-8H,1-3H3. The van der Waals surface area contributed by atoms with E-state index >= 15 is 0 Å². The Kier molecular flexibility index (Phi) is 3.37. The molecule has 0 radical (unpaired) electrons. The Morgan fingerprint density at radius 2 is 1.94 bits per heavy atom. The zero-order chi connectivity index (χ0) is 13.1. The minimum Gasteiger partial charge on any atom is -0.497 e. The lowest BCUT2D eigenvalue weighted by Crippen LogP contribution is -2.07. The number of methoxy groups -OCH3 is 1. The molecular formula is C14H14N2O2. The molecule has 18 heavy (non-hydrogen) atoms. The van der Waals surface area contributed by atoms with Crippen molar-refractivity contribution in [1.29, 1.82) is 0 Å². The van der Waals surface area contributed by atoms with Crippen LogP contribution in [0, 0.1) is 13.8 Å². The molecule has 0 aliphatic rings. The number of carbonyl (C=O) groups is 1. The fraction of sp³-hybridized carbons (Fsp3) is 0.214. The SMILES string of the molecule is COc1cccc(C(=O)c2cc(C)nnc2C)c1. The maximum absolute atomic E-state index is 12.4. The molecule has 0 saturated heterocycles. The highest BCUT2D eigenvalue weighted by Crippen LogP contribution is 2.17. The van der Waals surface area contributed by atoms with Gasteiger partial charge >= 0.3 is 0 Å². The first-order valence-corrected chi connectivity index (χ1v) is 5.61. The summed E-state index contributed by atoms with van der Waals surface area (Å²) in [4.78, 5) is 12.4. The van der Waals surface area contributed by atoms with Crippen LogP contribution in [0.4, 0.5) is 0 Å². The largest absolute Gasteiger partial charge is 0.497 e. The van der Waals surface area contributed by atoms with Crippen LogP contribution >= 0.6 is 0 Å². The summed E-state index contributed by atoms with van der Waals surface area (Å²) in [5.41, 5.74) is 2.53. The molecule has 0 atom stereocenters. The summed E-state index contributed by atoms with van der Waals surface area (Å²) < 4.78 is 5.11. The number of carbonyl (C=O) groups excluding carboxylic acids is 1. The summed E-state index contributed by atoms with van der Waals surface area (Å²) >= 11 is 0. The molecule has 0 aliphatic carbocycles. The number of aryl methyl sites for hydroxylation is 2. The van der Waals surface area contributed by atoms with Gasteiger partial charge < -0.3 is 4.74 Å². The van der Waals surface area contributed by atoms with Gasteiger partial charge in [0.15, 0.2) is 5.78 Å². The molecule has 0 aliphatic heterocycles. The Bertz CT molecular complexity index is 594. The minimum atomic E-state index is -0.0654. The van der Waals surface area contributed by atoms with E-state index in [1.807, 2.05) is 6.92 Å². The third-order valence-corrected chi connectivity index (χ3v) is 2.68. The van der Waals surface area contributed by atoms with Crippen molar-refractivity contribution < 1.29 is 9.53 Å². The Labute approximate surface area is 106 Å². The van der Waals surface area contributed by atoms with E-state index in [-0.39, 0.29) is 5.78 Å². The molecule has 4 nitrogen and oxygen atoms in total. The van der Waals surface area contributed by atoms with Crippen molar-refractivity contribution in [1.82, 2.24) is 10.2 Å². The molecule has 2 rings (SSSR count). The van der Waals surface area contributed by atoms with Crippen LogP contribution in [0.5, 0.6) is 5.75 Å². The molecule has 1 heterocycles. The van der Waals surface area contributed by atoms with Crippen molar-refractivity contribution in [3.63, 3.8) is 0 Å². The number of ketones is 1. The Hall–Kier alpha value is -2.23. The van der Waals surface area contributed by atoms with E-state index in [2.05, 4.69) is 10.2 Å². The highest BCUT2D eigenvalue weighted by molar-refractivity contribution is 6.09. The van der Waals surface area contributed by atoms with Crippen LogP contribution in [0.3, 0.4) is 0 Å². The van der Waals surface area contributed by atoms with Crippen LogP contribution < -0.4 is 4.74 Å². The van der Waals surface area contributed by atoms with Gasteiger partial charge in [-0.1, -0.05) is 12.1 Å². The van der Waals surface area contributed by atoms with Gasteiger partial charge in [-0.2, -0.15) is 10.2 Å². The summed E-state index contributed by atoms with van der Waals surface area (Å²) in [5.74, 6) is 0.599. The smallest absolute Gasteiger partial charge is 0.195 e. The Morgan fingerprint density at radius 3 is 2.67 bits per heavy atom. The number of hydrogen-bond donors (Lipinski definition) is 0. The maximum Gasteiger partial charge on any atom is 0.195 e. The van der Waals surface area contributed by atoms with Crippen molar-refractivity contribution in [3.05, 3.63) is 52.8 Å². The zero-order valence-corrected chi connectivity index (χ0v) is 10.6. The molecule has 2 aromatic rings. The number of benzene rings is 1.